The Morgan fingerprint density at radius 2 is 1.10 bits per heavy atom. The summed E-state index contributed by atoms with van der Waals surface area (Å²) in [5, 5.41) is 4.04. The summed E-state index contributed by atoms with van der Waals surface area (Å²) in [5.74, 6) is 0. The summed E-state index contributed by atoms with van der Waals surface area (Å²) in [7, 11) is -0.643. The van der Waals surface area contributed by atoms with Crippen LogP contribution in [0.25, 0.3) is 0 Å². The molecule has 0 aliphatic rings. The van der Waals surface area contributed by atoms with E-state index >= 15 is 0 Å². The third kappa shape index (κ3) is 4.70. The second-order valence-corrected chi connectivity index (χ2v) is 9.12. The van der Waals surface area contributed by atoms with Crippen LogP contribution in [0.15, 0.2) is 120 Å². The van der Waals surface area contributed by atoms with Crippen LogP contribution in [0.1, 0.15) is 24.1 Å². The van der Waals surface area contributed by atoms with Gasteiger partial charge in [0, 0.05) is 11.8 Å². The largest absolute Gasteiger partial charge is 0.285 e. The van der Waals surface area contributed by atoms with Gasteiger partial charge in [0.15, 0.2) is 0 Å². The van der Waals surface area contributed by atoms with Gasteiger partial charge in [-0.05, 0) is 36.3 Å². The highest BCUT2D eigenvalue weighted by Gasteiger charge is 2.18. The molecule has 0 saturated heterocycles. The van der Waals surface area contributed by atoms with Crippen molar-refractivity contribution in [1.82, 2.24) is 0 Å². The molecule has 0 aliphatic carbocycles. The van der Waals surface area contributed by atoms with Gasteiger partial charge in [-0.15, -0.1) is 0 Å². The van der Waals surface area contributed by atoms with Crippen molar-refractivity contribution in [3.63, 3.8) is 0 Å². The van der Waals surface area contributed by atoms with Crippen LogP contribution in [0.5, 0.6) is 0 Å². The molecule has 2 heteroatoms. The fraction of sp³-hybridized carbons (Fsp3) is 0.0741. The Bertz CT molecular complexity index is 1020. The van der Waals surface area contributed by atoms with E-state index in [0.29, 0.717) is 0 Å². The lowest BCUT2D eigenvalue weighted by atomic mass is 10.1. The van der Waals surface area contributed by atoms with Crippen LogP contribution in [0.3, 0.4) is 0 Å². The monoisotopic (exact) mass is 393 g/mol. The first-order valence-electron chi connectivity index (χ1n) is 9.90. The van der Waals surface area contributed by atoms with Crippen molar-refractivity contribution in [2.24, 2.45) is 4.99 Å². The average Bonchev–Trinajstić information content (AvgIpc) is 2.80. The molecule has 0 aromatic heterocycles. The summed E-state index contributed by atoms with van der Waals surface area (Å²) >= 11 is 0. The molecule has 4 aromatic carbocycles. The predicted molar refractivity (Wildman–Crippen MR) is 128 cm³/mol. The van der Waals surface area contributed by atoms with Gasteiger partial charge in [-0.2, -0.15) is 0 Å². The molecule has 0 amide bonds. The highest BCUT2D eigenvalue weighted by molar-refractivity contribution is 7.80. The molecular formula is C27H24NP. The third-order valence-electron chi connectivity index (χ3n) is 4.93. The van der Waals surface area contributed by atoms with E-state index in [0.717, 1.165) is 0 Å². The van der Waals surface area contributed by atoms with Gasteiger partial charge in [-0.25, -0.2) is 0 Å². The van der Waals surface area contributed by atoms with Crippen LogP contribution >= 0.6 is 7.92 Å². The van der Waals surface area contributed by atoms with Gasteiger partial charge in [0.05, 0.1) is 6.04 Å². The Morgan fingerprint density at radius 3 is 1.69 bits per heavy atom. The first-order chi connectivity index (χ1) is 14.3. The molecule has 0 unspecified atom stereocenters. The van der Waals surface area contributed by atoms with E-state index in [4.69, 9.17) is 4.99 Å². The van der Waals surface area contributed by atoms with E-state index < -0.39 is 7.92 Å². The Hall–Kier alpha value is -3.02. The van der Waals surface area contributed by atoms with Gasteiger partial charge >= 0.3 is 0 Å². The summed E-state index contributed by atoms with van der Waals surface area (Å²) in [6, 6.07) is 40.8. The summed E-state index contributed by atoms with van der Waals surface area (Å²) in [4.78, 5) is 4.88. The zero-order chi connectivity index (χ0) is 19.9. The summed E-state index contributed by atoms with van der Waals surface area (Å²) < 4.78 is 0. The van der Waals surface area contributed by atoms with E-state index in [1.807, 2.05) is 12.3 Å². The zero-order valence-electron chi connectivity index (χ0n) is 16.5. The highest BCUT2D eigenvalue weighted by atomic mass is 31.1. The molecular weight excluding hydrogens is 369 g/mol. The Balaban J connectivity index is 1.74. The fourth-order valence-corrected chi connectivity index (χ4v) is 5.81. The minimum Gasteiger partial charge on any atom is -0.285 e. The van der Waals surface area contributed by atoms with Gasteiger partial charge in [-0.1, -0.05) is 115 Å². The molecule has 0 aliphatic heterocycles. The van der Waals surface area contributed by atoms with E-state index in [1.165, 1.54) is 27.0 Å². The number of rotatable bonds is 6. The predicted octanol–water partition coefficient (Wildman–Crippen LogP) is 5.62. The van der Waals surface area contributed by atoms with Gasteiger partial charge < -0.3 is 0 Å². The lowest BCUT2D eigenvalue weighted by Gasteiger charge is -2.21. The van der Waals surface area contributed by atoms with Crippen molar-refractivity contribution in [1.29, 1.82) is 0 Å². The summed E-state index contributed by atoms with van der Waals surface area (Å²) in [6.45, 7) is 2.14. The molecule has 1 nitrogen and oxygen atoms in total. The number of aliphatic imine (C=N–C) groups is 1. The lowest BCUT2D eigenvalue weighted by molar-refractivity contribution is 0.825. The molecule has 0 N–H and O–H groups in total. The molecule has 4 rings (SSSR count). The van der Waals surface area contributed by atoms with Gasteiger partial charge in [0.2, 0.25) is 0 Å². The van der Waals surface area contributed by atoms with Crippen molar-refractivity contribution in [3.8, 4) is 0 Å². The minimum absolute atomic E-state index is 0.129. The molecule has 0 spiro atoms. The first-order valence-corrected chi connectivity index (χ1v) is 11.2. The van der Waals surface area contributed by atoms with Crippen molar-refractivity contribution in [2.75, 3.05) is 0 Å². The Kier molecular flexibility index (Phi) is 6.29. The van der Waals surface area contributed by atoms with Crippen LogP contribution in [0, 0.1) is 0 Å². The van der Waals surface area contributed by atoms with Crippen LogP contribution in [-0.2, 0) is 0 Å². The smallest absolute Gasteiger partial charge is 0.0721 e. The summed E-state index contributed by atoms with van der Waals surface area (Å²) in [5.41, 5.74) is 2.42. The molecule has 29 heavy (non-hydrogen) atoms. The topological polar surface area (TPSA) is 12.4 Å². The van der Waals surface area contributed by atoms with E-state index in [9.17, 15) is 0 Å². The lowest BCUT2D eigenvalue weighted by Crippen LogP contribution is -2.23. The molecule has 0 bridgehead atoms. The maximum Gasteiger partial charge on any atom is 0.0721 e. The second kappa shape index (κ2) is 9.45. The van der Waals surface area contributed by atoms with Crippen molar-refractivity contribution in [3.05, 3.63) is 126 Å². The maximum absolute atomic E-state index is 4.88. The minimum atomic E-state index is -0.643. The average molecular weight is 393 g/mol. The Morgan fingerprint density at radius 1 is 0.621 bits per heavy atom. The van der Waals surface area contributed by atoms with Crippen LogP contribution in [0.2, 0.25) is 0 Å². The maximum atomic E-state index is 4.88. The van der Waals surface area contributed by atoms with Crippen LogP contribution in [0.4, 0.5) is 0 Å². The van der Waals surface area contributed by atoms with Crippen LogP contribution in [-0.4, -0.2) is 6.21 Å². The summed E-state index contributed by atoms with van der Waals surface area (Å²) in [6.07, 6.45) is 2.05. The van der Waals surface area contributed by atoms with Gasteiger partial charge in [0.1, 0.15) is 0 Å². The van der Waals surface area contributed by atoms with E-state index in [2.05, 4.69) is 116 Å². The number of benzene rings is 4. The van der Waals surface area contributed by atoms with Crippen molar-refractivity contribution in [2.45, 2.75) is 13.0 Å². The van der Waals surface area contributed by atoms with E-state index in [1.54, 1.807) is 0 Å². The number of hydrogen-bond acceptors (Lipinski definition) is 1. The standard InChI is InChI=1S/C27H24NP/c1-22(23-13-5-2-6-14-23)28-21-24-15-11-12-20-27(24)29(25-16-7-3-8-17-25)26-18-9-4-10-19-26/h2-22H,1H3/t22-/m1/s1. The van der Waals surface area contributed by atoms with Gasteiger partial charge in [-0.3, -0.25) is 4.99 Å². The number of nitrogens with zero attached hydrogens (tertiary/aromatic N) is 1. The quantitative estimate of drug-likeness (QED) is 0.298. The van der Waals surface area contributed by atoms with Crippen molar-refractivity contribution < 1.29 is 0 Å². The molecule has 142 valence electrons. The molecule has 0 saturated carbocycles. The molecule has 0 radical (unpaired) electrons. The number of hydrogen-bond donors (Lipinski definition) is 0. The molecule has 4 aromatic rings. The molecule has 1 atom stereocenters. The first kappa shape index (κ1) is 19.3. The van der Waals surface area contributed by atoms with E-state index in [-0.39, 0.29) is 6.04 Å². The van der Waals surface area contributed by atoms with Crippen LogP contribution < -0.4 is 15.9 Å². The molecule has 0 fully saturated rings. The van der Waals surface area contributed by atoms with Crippen molar-refractivity contribution >= 4 is 30.0 Å². The SMILES string of the molecule is C[C@@H](N=Cc1ccccc1P(c1ccccc1)c1ccccc1)c1ccccc1. The molecule has 0 heterocycles. The Labute approximate surface area is 174 Å². The second-order valence-electron chi connectivity index (χ2n) is 6.93. The zero-order valence-corrected chi connectivity index (χ0v) is 17.4. The fourth-order valence-electron chi connectivity index (χ4n) is 3.39. The van der Waals surface area contributed by atoms with Gasteiger partial charge in [0.25, 0.3) is 0 Å². The highest BCUT2D eigenvalue weighted by Crippen LogP contribution is 2.33. The normalized spacial score (nSPS) is 12.3. The third-order valence-corrected chi connectivity index (χ3v) is 7.44.